The first-order valence-electron chi connectivity index (χ1n) is 7.19. The van der Waals surface area contributed by atoms with Crippen LogP contribution in [-0.4, -0.2) is 72.6 Å². The summed E-state index contributed by atoms with van der Waals surface area (Å²) < 4.78 is 0.321. The number of nitrogens with one attached hydrogen (secondary N) is 1. The van der Waals surface area contributed by atoms with Crippen LogP contribution in [0, 0.1) is 0 Å². The third-order valence-corrected chi connectivity index (χ3v) is 4.74. The van der Waals surface area contributed by atoms with Gasteiger partial charge >= 0.3 is 0 Å². The number of hydrogen-bond acceptors (Lipinski definition) is 3. The fourth-order valence-corrected chi connectivity index (χ4v) is 3.12. The van der Waals surface area contributed by atoms with Crippen molar-refractivity contribution in [2.45, 2.75) is 38.5 Å². The third-order valence-electron chi connectivity index (χ3n) is 3.45. The van der Waals surface area contributed by atoms with Gasteiger partial charge in [0.15, 0.2) is 5.96 Å². The van der Waals surface area contributed by atoms with E-state index in [1.807, 2.05) is 0 Å². The lowest BCUT2D eigenvalue weighted by molar-refractivity contribution is 0.317. The zero-order valence-electron chi connectivity index (χ0n) is 13.8. The standard InChI is InChI=1S/C14H30N4S.HI/c1-7-15-13(16-10-12(2)17(5)6)18-8-9-19-14(3,4)11-18;/h12H,7-11H2,1-6H3,(H,15,16);1H. The lowest BCUT2D eigenvalue weighted by Crippen LogP contribution is -2.51. The van der Waals surface area contributed by atoms with E-state index in [2.05, 4.69) is 68.7 Å². The van der Waals surface area contributed by atoms with Crippen LogP contribution < -0.4 is 5.32 Å². The molecule has 0 aromatic heterocycles. The molecule has 0 saturated carbocycles. The highest BCUT2D eigenvalue weighted by Gasteiger charge is 2.28. The Bertz CT molecular complexity index is 308. The summed E-state index contributed by atoms with van der Waals surface area (Å²) in [7, 11) is 4.21. The van der Waals surface area contributed by atoms with Gasteiger partial charge in [-0.2, -0.15) is 11.8 Å². The van der Waals surface area contributed by atoms with Gasteiger partial charge in [0.1, 0.15) is 0 Å². The predicted octanol–water partition coefficient (Wildman–Crippen LogP) is 2.35. The van der Waals surface area contributed by atoms with E-state index in [9.17, 15) is 0 Å². The number of nitrogens with zero attached hydrogens (tertiary/aromatic N) is 3. The molecule has 0 spiro atoms. The van der Waals surface area contributed by atoms with Gasteiger partial charge in [0.05, 0.1) is 6.54 Å². The maximum atomic E-state index is 4.80. The second-order valence-electron chi connectivity index (χ2n) is 6.04. The van der Waals surface area contributed by atoms with Gasteiger partial charge in [-0.05, 0) is 41.8 Å². The molecule has 0 aromatic rings. The van der Waals surface area contributed by atoms with E-state index in [0.29, 0.717) is 10.8 Å². The van der Waals surface area contributed by atoms with Crippen LogP contribution in [0.3, 0.4) is 0 Å². The Balaban J connectivity index is 0.00000361. The number of thioether (sulfide) groups is 1. The summed E-state index contributed by atoms with van der Waals surface area (Å²) in [5.74, 6) is 2.25. The van der Waals surface area contributed by atoms with E-state index in [1.165, 1.54) is 5.75 Å². The molecule has 4 nitrogen and oxygen atoms in total. The summed E-state index contributed by atoms with van der Waals surface area (Å²) in [5, 5.41) is 3.43. The van der Waals surface area contributed by atoms with Gasteiger partial charge in [0.2, 0.25) is 0 Å². The molecule has 1 rings (SSSR count). The number of likely N-dealkylation sites (N-methyl/N-ethyl adjacent to an activating group) is 1. The van der Waals surface area contributed by atoms with Crippen molar-refractivity contribution in [2.24, 2.45) is 4.99 Å². The summed E-state index contributed by atoms with van der Waals surface area (Å²) in [5.41, 5.74) is 0. The van der Waals surface area contributed by atoms with Gasteiger partial charge in [-0.25, -0.2) is 0 Å². The molecule has 1 saturated heterocycles. The van der Waals surface area contributed by atoms with Crippen LogP contribution in [0.5, 0.6) is 0 Å². The average Bonchev–Trinajstić information content (AvgIpc) is 2.32. The fraction of sp³-hybridized carbons (Fsp3) is 0.929. The molecule has 0 aliphatic carbocycles. The number of hydrogen-bond donors (Lipinski definition) is 1. The minimum atomic E-state index is 0. The van der Waals surface area contributed by atoms with Crippen LogP contribution in [-0.2, 0) is 0 Å². The number of halogens is 1. The summed E-state index contributed by atoms with van der Waals surface area (Å²) in [6, 6.07) is 0.473. The van der Waals surface area contributed by atoms with Gasteiger partial charge in [-0.3, -0.25) is 4.99 Å². The van der Waals surface area contributed by atoms with E-state index >= 15 is 0 Å². The predicted molar refractivity (Wildman–Crippen MR) is 103 cm³/mol. The smallest absolute Gasteiger partial charge is 0.194 e. The molecule has 0 aromatic carbocycles. The number of guanidine groups is 1. The van der Waals surface area contributed by atoms with Crippen molar-refractivity contribution < 1.29 is 0 Å². The summed E-state index contributed by atoms with van der Waals surface area (Å²) in [6.07, 6.45) is 0. The van der Waals surface area contributed by atoms with Crippen molar-refractivity contribution in [3.8, 4) is 0 Å². The maximum absolute atomic E-state index is 4.80. The normalized spacial score (nSPS) is 20.6. The zero-order valence-corrected chi connectivity index (χ0v) is 16.9. The highest BCUT2D eigenvalue weighted by atomic mass is 127. The molecule has 0 bridgehead atoms. The molecule has 1 aliphatic rings. The van der Waals surface area contributed by atoms with Crippen molar-refractivity contribution >= 4 is 41.7 Å². The van der Waals surface area contributed by atoms with Gasteiger partial charge in [-0.1, -0.05) is 0 Å². The second-order valence-corrected chi connectivity index (χ2v) is 7.84. The molecule has 0 radical (unpaired) electrons. The summed E-state index contributed by atoms with van der Waals surface area (Å²) >= 11 is 2.06. The molecule has 0 amide bonds. The van der Waals surface area contributed by atoms with E-state index in [4.69, 9.17) is 4.99 Å². The minimum absolute atomic E-state index is 0. The lowest BCUT2D eigenvalue weighted by Gasteiger charge is -2.39. The molecular weight excluding hydrogens is 383 g/mol. The highest BCUT2D eigenvalue weighted by Crippen LogP contribution is 2.29. The van der Waals surface area contributed by atoms with Crippen LogP contribution in [0.1, 0.15) is 27.7 Å². The first-order chi connectivity index (χ1) is 8.85. The molecule has 1 aliphatic heterocycles. The zero-order chi connectivity index (χ0) is 14.5. The van der Waals surface area contributed by atoms with Crippen molar-refractivity contribution in [3.63, 3.8) is 0 Å². The Hall–Kier alpha value is 0.310. The molecule has 1 heterocycles. The van der Waals surface area contributed by atoms with E-state index in [-0.39, 0.29) is 24.0 Å². The molecule has 120 valence electrons. The van der Waals surface area contributed by atoms with Gasteiger partial charge < -0.3 is 15.1 Å². The van der Waals surface area contributed by atoms with E-state index < -0.39 is 0 Å². The van der Waals surface area contributed by atoms with Crippen molar-refractivity contribution in [1.29, 1.82) is 0 Å². The number of rotatable bonds is 4. The first-order valence-corrected chi connectivity index (χ1v) is 8.18. The maximum Gasteiger partial charge on any atom is 0.194 e. The van der Waals surface area contributed by atoms with E-state index in [0.717, 1.165) is 32.1 Å². The van der Waals surface area contributed by atoms with Crippen LogP contribution in [0.25, 0.3) is 0 Å². The number of aliphatic imine (C=N–C) groups is 1. The molecule has 6 heteroatoms. The summed E-state index contributed by atoms with van der Waals surface area (Å²) in [4.78, 5) is 9.42. The minimum Gasteiger partial charge on any atom is -0.357 e. The molecule has 1 atom stereocenters. The molecular formula is C14H31IN4S. The Morgan fingerprint density at radius 1 is 1.45 bits per heavy atom. The molecule has 1 N–H and O–H groups in total. The quantitative estimate of drug-likeness (QED) is 0.435. The second kappa shape index (κ2) is 9.35. The Labute approximate surface area is 146 Å². The first kappa shape index (κ1) is 20.3. The van der Waals surface area contributed by atoms with Crippen LogP contribution in [0.15, 0.2) is 4.99 Å². The SMILES string of the molecule is CCNC(=NCC(C)N(C)C)N1CCSC(C)(C)C1.I. The molecule has 1 unspecified atom stereocenters. The highest BCUT2D eigenvalue weighted by molar-refractivity contribution is 14.0. The Morgan fingerprint density at radius 2 is 2.10 bits per heavy atom. The van der Waals surface area contributed by atoms with Crippen molar-refractivity contribution in [1.82, 2.24) is 15.1 Å². The topological polar surface area (TPSA) is 30.9 Å². The fourth-order valence-electron chi connectivity index (χ4n) is 2.00. The summed E-state index contributed by atoms with van der Waals surface area (Å²) in [6.45, 7) is 12.9. The van der Waals surface area contributed by atoms with Gasteiger partial charge in [0, 0.05) is 36.2 Å². The van der Waals surface area contributed by atoms with Gasteiger partial charge in [0.25, 0.3) is 0 Å². The Morgan fingerprint density at radius 3 is 2.60 bits per heavy atom. The van der Waals surface area contributed by atoms with Crippen molar-refractivity contribution in [2.75, 3.05) is 46.0 Å². The average molecular weight is 414 g/mol. The van der Waals surface area contributed by atoms with Crippen LogP contribution >= 0.6 is 35.7 Å². The monoisotopic (exact) mass is 414 g/mol. The largest absolute Gasteiger partial charge is 0.357 e. The Kier molecular flexibility index (Phi) is 9.50. The third kappa shape index (κ3) is 6.85. The van der Waals surface area contributed by atoms with Crippen molar-refractivity contribution in [3.05, 3.63) is 0 Å². The molecule has 1 fully saturated rings. The van der Waals surface area contributed by atoms with E-state index in [1.54, 1.807) is 0 Å². The van der Waals surface area contributed by atoms with Crippen LogP contribution in [0.4, 0.5) is 0 Å². The molecule has 20 heavy (non-hydrogen) atoms. The van der Waals surface area contributed by atoms with Crippen LogP contribution in [0.2, 0.25) is 0 Å². The lowest BCUT2D eigenvalue weighted by atomic mass is 10.2. The van der Waals surface area contributed by atoms with Gasteiger partial charge in [-0.15, -0.1) is 24.0 Å².